The van der Waals surface area contributed by atoms with Crippen molar-refractivity contribution in [3.8, 4) is 0 Å². The zero-order chi connectivity index (χ0) is 9.36. The third-order valence-corrected chi connectivity index (χ3v) is 2.17. The van der Waals surface area contributed by atoms with Gasteiger partial charge in [0, 0.05) is 12.4 Å². The summed E-state index contributed by atoms with van der Waals surface area (Å²) in [6.07, 6.45) is 5.89. The van der Waals surface area contributed by atoms with E-state index in [2.05, 4.69) is 35.1 Å². The molecule has 1 aromatic rings. The van der Waals surface area contributed by atoms with Crippen LogP contribution >= 0.6 is 12.6 Å². The van der Waals surface area contributed by atoms with Gasteiger partial charge >= 0.3 is 0 Å². The van der Waals surface area contributed by atoms with Gasteiger partial charge in [0.1, 0.15) is 0 Å². The van der Waals surface area contributed by atoms with Crippen LogP contribution in [0.2, 0.25) is 0 Å². The molecule has 0 aliphatic rings. The van der Waals surface area contributed by atoms with Crippen molar-refractivity contribution in [2.24, 2.45) is 0 Å². The first-order valence-electron chi connectivity index (χ1n) is 4.64. The first-order chi connectivity index (χ1) is 6.43. The van der Waals surface area contributed by atoms with Crippen LogP contribution in [0.1, 0.15) is 12.0 Å². The molecule has 0 unspecified atom stereocenters. The molecular weight excluding hydrogens is 180 g/mol. The van der Waals surface area contributed by atoms with E-state index in [1.54, 1.807) is 0 Å². The molecule has 2 nitrogen and oxygen atoms in total. The lowest BCUT2D eigenvalue weighted by molar-refractivity contribution is 0.674. The molecule has 13 heavy (non-hydrogen) atoms. The number of pyridine rings is 1. The number of aromatic nitrogens is 1. The van der Waals surface area contributed by atoms with Crippen molar-refractivity contribution in [2.45, 2.75) is 12.8 Å². The van der Waals surface area contributed by atoms with Gasteiger partial charge in [-0.15, -0.1) is 0 Å². The van der Waals surface area contributed by atoms with Gasteiger partial charge in [-0.1, -0.05) is 0 Å². The fourth-order valence-corrected chi connectivity index (χ4v) is 1.27. The molecule has 1 rings (SSSR count). The van der Waals surface area contributed by atoms with Crippen LogP contribution in [0.15, 0.2) is 24.5 Å². The summed E-state index contributed by atoms with van der Waals surface area (Å²) < 4.78 is 0. The lowest BCUT2D eigenvalue weighted by atomic mass is 10.2. The van der Waals surface area contributed by atoms with Crippen molar-refractivity contribution < 1.29 is 0 Å². The average Bonchev–Trinajstić information content (AvgIpc) is 2.19. The van der Waals surface area contributed by atoms with E-state index in [0.29, 0.717) is 0 Å². The molecule has 0 radical (unpaired) electrons. The minimum atomic E-state index is 0.961. The highest BCUT2D eigenvalue weighted by Gasteiger charge is 1.90. The third kappa shape index (κ3) is 4.90. The summed E-state index contributed by atoms with van der Waals surface area (Å²) in [5.41, 5.74) is 1.34. The number of nitrogens with zero attached hydrogens (tertiary/aromatic N) is 1. The maximum atomic E-state index is 4.14. The van der Waals surface area contributed by atoms with Gasteiger partial charge in [0.05, 0.1) is 0 Å². The number of hydrogen-bond acceptors (Lipinski definition) is 3. The molecule has 1 aromatic heterocycles. The van der Waals surface area contributed by atoms with Gasteiger partial charge < -0.3 is 5.32 Å². The minimum Gasteiger partial charge on any atom is -0.316 e. The van der Waals surface area contributed by atoms with E-state index in [1.165, 1.54) is 5.56 Å². The van der Waals surface area contributed by atoms with Crippen LogP contribution in [0.3, 0.4) is 0 Å². The summed E-state index contributed by atoms with van der Waals surface area (Å²) in [4.78, 5) is 3.97. The highest BCUT2D eigenvalue weighted by atomic mass is 32.1. The Morgan fingerprint density at radius 2 is 2.00 bits per heavy atom. The van der Waals surface area contributed by atoms with Gasteiger partial charge in [0.25, 0.3) is 0 Å². The fourth-order valence-electron chi connectivity index (χ4n) is 1.11. The first-order valence-corrected chi connectivity index (χ1v) is 5.27. The number of hydrogen-bond donors (Lipinski definition) is 2. The minimum absolute atomic E-state index is 0.961. The van der Waals surface area contributed by atoms with Gasteiger partial charge in [0.2, 0.25) is 0 Å². The molecule has 3 heteroatoms. The highest BCUT2D eigenvalue weighted by Crippen LogP contribution is 1.95. The van der Waals surface area contributed by atoms with Gasteiger partial charge in [-0.2, -0.15) is 12.6 Å². The second-order valence-corrected chi connectivity index (χ2v) is 3.38. The summed E-state index contributed by atoms with van der Waals surface area (Å²) in [6, 6.07) is 4.11. The molecule has 1 heterocycles. The quantitative estimate of drug-likeness (QED) is 0.533. The predicted octanol–water partition coefficient (Wildman–Crippen LogP) is 1.53. The molecule has 0 aliphatic heterocycles. The van der Waals surface area contributed by atoms with Crippen LogP contribution in [-0.4, -0.2) is 23.8 Å². The van der Waals surface area contributed by atoms with Gasteiger partial charge in [-0.05, 0) is 49.4 Å². The van der Waals surface area contributed by atoms with E-state index in [9.17, 15) is 0 Å². The molecule has 72 valence electrons. The average molecular weight is 196 g/mol. The molecule has 0 aromatic carbocycles. The first kappa shape index (κ1) is 10.5. The molecule has 0 aliphatic carbocycles. The molecule has 0 spiro atoms. The summed E-state index contributed by atoms with van der Waals surface area (Å²) in [5.74, 6) is 0.961. The lowest BCUT2D eigenvalue weighted by Gasteiger charge is -2.02. The zero-order valence-corrected chi connectivity index (χ0v) is 8.63. The zero-order valence-electron chi connectivity index (χ0n) is 7.74. The van der Waals surface area contributed by atoms with E-state index >= 15 is 0 Å². The smallest absolute Gasteiger partial charge is 0.0270 e. The van der Waals surface area contributed by atoms with E-state index in [0.717, 1.165) is 31.7 Å². The predicted molar refractivity (Wildman–Crippen MR) is 59.3 cm³/mol. The van der Waals surface area contributed by atoms with Crippen LogP contribution in [0.25, 0.3) is 0 Å². The molecular formula is C10H16N2S. The van der Waals surface area contributed by atoms with Crippen molar-refractivity contribution in [1.82, 2.24) is 10.3 Å². The van der Waals surface area contributed by atoms with Gasteiger partial charge in [-0.3, -0.25) is 4.98 Å². The van der Waals surface area contributed by atoms with E-state index in [4.69, 9.17) is 0 Å². The summed E-state index contributed by atoms with van der Waals surface area (Å²) in [5, 5.41) is 3.37. The SMILES string of the molecule is SCCCNCCc1ccncc1. The maximum absolute atomic E-state index is 4.14. The normalized spacial score (nSPS) is 10.2. The Balaban J connectivity index is 2.07. The largest absolute Gasteiger partial charge is 0.316 e. The summed E-state index contributed by atoms with van der Waals surface area (Å²) in [7, 11) is 0. The van der Waals surface area contributed by atoms with E-state index in [1.807, 2.05) is 12.4 Å². The van der Waals surface area contributed by atoms with Crippen LogP contribution in [-0.2, 0) is 6.42 Å². The Morgan fingerprint density at radius 3 is 2.69 bits per heavy atom. The number of thiol groups is 1. The summed E-state index contributed by atoms with van der Waals surface area (Å²) >= 11 is 4.14. The number of rotatable bonds is 6. The lowest BCUT2D eigenvalue weighted by Crippen LogP contribution is -2.18. The Morgan fingerprint density at radius 1 is 1.23 bits per heavy atom. The van der Waals surface area contributed by atoms with Crippen molar-refractivity contribution in [2.75, 3.05) is 18.8 Å². The number of nitrogens with one attached hydrogen (secondary N) is 1. The molecule has 0 saturated heterocycles. The molecule has 0 atom stereocenters. The Bertz CT molecular complexity index is 213. The highest BCUT2D eigenvalue weighted by molar-refractivity contribution is 7.80. The molecule has 0 amide bonds. The Hall–Kier alpha value is -0.540. The van der Waals surface area contributed by atoms with Crippen LogP contribution in [0, 0.1) is 0 Å². The maximum Gasteiger partial charge on any atom is 0.0270 e. The van der Waals surface area contributed by atoms with Crippen molar-refractivity contribution in [3.05, 3.63) is 30.1 Å². The molecule has 1 N–H and O–H groups in total. The topological polar surface area (TPSA) is 24.9 Å². The standard InChI is InChI=1S/C10H16N2S/c13-9-1-5-11-6-2-10-3-7-12-8-4-10/h3-4,7-8,11,13H,1-2,5-6,9H2. The van der Waals surface area contributed by atoms with E-state index in [-0.39, 0.29) is 0 Å². The summed E-state index contributed by atoms with van der Waals surface area (Å²) in [6.45, 7) is 2.10. The van der Waals surface area contributed by atoms with Crippen LogP contribution < -0.4 is 5.32 Å². The second kappa shape index (κ2) is 6.92. The van der Waals surface area contributed by atoms with Crippen molar-refractivity contribution in [1.29, 1.82) is 0 Å². The molecule has 0 saturated carbocycles. The molecule has 0 bridgehead atoms. The Kier molecular flexibility index (Phi) is 5.61. The van der Waals surface area contributed by atoms with E-state index < -0.39 is 0 Å². The fraction of sp³-hybridized carbons (Fsp3) is 0.500. The Labute approximate surface area is 85.2 Å². The van der Waals surface area contributed by atoms with Crippen LogP contribution in [0.5, 0.6) is 0 Å². The van der Waals surface area contributed by atoms with Crippen LogP contribution in [0.4, 0.5) is 0 Å². The third-order valence-electron chi connectivity index (χ3n) is 1.85. The second-order valence-electron chi connectivity index (χ2n) is 2.93. The molecule has 0 fully saturated rings. The monoisotopic (exact) mass is 196 g/mol. The van der Waals surface area contributed by atoms with Crippen molar-refractivity contribution in [3.63, 3.8) is 0 Å². The van der Waals surface area contributed by atoms with Gasteiger partial charge in [0.15, 0.2) is 0 Å². The van der Waals surface area contributed by atoms with Crippen molar-refractivity contribution >= 4 is 12.6 Å². The van der Waals surface area contributed by atoms with Gasteiger partial charge in [-0.25, -0.2) is 0 Å².